The molecule has 1 N–H and O–H groups in total. The molecule has 0 spiro atoms. The van der Waals surface area contributed by atoms with Crippen molar-refractivity contribution in [3.8, 4) is 16.9 Å². The van der Waals surface area contributed by atoms with Crippen LogP contribution in [0.25, 0.3) is 11.1 Å². The molecule has 0 heterocycles. The van der Waals surface area contributed by atoms with Gasteiger partial charge in [0, 0.05) is 0 Å². The van der Waals surface area contributed by atoms with Crippen LogP contribution in [0.15, 0.2) is 30.3 Å². The van der Waals surface area contributed by atoms with Crippen LogP contribution in [0, 0.1) is 13.8 Å². The van der Waals surface area contributed by atoms with Crippen LogP contribution in [0.3, 0.4) is 0 Å². The molecule has 0 fully saturated rings. The van der Waals surface area contributed by atoms with Crippen molar-refractivity contribution in [2.24, 2.45) is 0 Å². The highest BCUT2D eigenvalue weighted by molar-refractivity contribution is 5.77. The molecule has 104 valence electrons. The highest BCUT2D eigenvalue weighted by Gasteiger charge is 2.24. The van der Waals surface area contributed by atoms with Crippen LogP contribution in [-0.2, 0) is 6.42 Å². The van der Waals surface area contributed by atoms with E-state index in [-0.39, 0.29) is 6.10 Å². The summed E-state index contributed by atoms with van der Waals surface area (Å²) in [6.45, 7) is 4.23. The molecule has 2 aromatic rings. The molecule has 0 radical (unpaired) electrons. The Bertz CT molecular complexity index is 659. The fourth-order valence-electron chi connectivity index (χ4n) is 3.33. The van der Waals surface area contributed by atoms with Gasteiger partial charge < -0.3 is 9.84 Å². The Kier molecular flexibility index (Phi) is 3.27. The second-order valence-corrected chi connectivity index (χ2v) is 5.51. The van der Waals surface area contributed by atoms with Crippen molar-refractivity contribution in [3.63, 3.8) is 0 Å². The molecule has 3 rings (SSSR count). The number of aryl methyl sites for hydroxylation is 1. The number of ether oxygens (including phenoxy) is 1. The summed E-state index contributed by atoms with van der Waals surface area (Å²) in [7, 11) is 1.71. The van der Waals surface area contributed by atoms with Crippen molar-refractivity contribution in [3.05, 3.63) is 52.6 Å². The quantitative estimate of drug-likeness (QED) is 0.893. The number of aliphatic hydroxyl groups is 1. The molecule has 0 aromatic heterocycles. The third-order valence-electron chi connectivity index (χ3n) is 4.35. The lowest BCUT2D eigenvalue weighted by Crippen LogP contribution is -1.97. The molecule has 0 amide bonds. The fraction of sp³-hybridized carbons (Fsp3) is 0.333. The van der Waals surface area contributed by atoms with Gasteiger partial charge >= 0.3 is 0 Å². The zero-order valence-electron chi connectivity index (χ0n) is 12.2. The second kappa shape index (κ2) is 4.95. The van der Waals surface area contributed by atoms with Crippen molar-refractivity contribution in [1.29, 1.82) is 0 Å². The third kappa shape index (κ3) is 1.92. The Hall–Kier alpha value is -1.80. The molecule has 0 aliphatic heterocycles. The minimum Gasteiger partial charge on any atom is -0.496 e. The number of benzene rings is 2. The second-order valence-electron chi connectivity index (χ2n) is 5.51. The van der Waals surface area contributed by atoms with E-state index in [2.05, 4.69) is 26.0 Å². The van der Waals surface area contributed by atoms with E-state index in [1.807, 2.05) is 18.2 Å². The van der Waals surface area contributed by atoms with Gasteiger partial charge in [0.1, 0.15) is 5.75 Å². The fourth-order valence-corrected chi connectivity index (χ4v) is 3.33. The van der Waals surface area contributed by atoms with Gasteiger partial charge in [0.25, 0.3) is 0 Å². The van der Waals surface area contributed by atoms with Gasteiger partial charge in [-0.15, -0.1) is 0 Å². The van der Waals surface area contributed by atoms with E-state index in [9.17, 15) is 5.11 Å². The predicted octanol–water partition coefficient (Wildman–Crippen LogP) is 3.96. The van der Waals surface area contributed by atoms with E-state index in [4.69, 9.17) is 4.74 Å². The van der Waals surface area contributed by atoms with Crippen molar-refractivity contribution in [2.75, 3.05) is 7.11 Å². The highest BCUT2D eigenvalue weighted by atomic mass is 16.5. The number of aliphatic hydroxyl groups excluding tert-OH is 1. The molecule has 2 nitrogen and oxygen atoms in total. The van der Waals surface area contributed by atoms with Crippen molar-refractivity contribution in [2.45, 2.75) is 32.8 Å². The largest absolute Gasteiger partial charge is 0.496 e. The van der Waals surface area contributed by atoms with Crippen LogP contribution in [0.4, 0.5) is 0 Å². The van der Waals surface area contributed by atoms with E-state index < -0.39 is 0 Å². The summed E-state index contributed by atoms with van der Waals surface area (Å²) in [6, 6.07) is 10.4. The lowest BCUT2D eigenvalue weighted by atomic mass is 9.90. The van der Waals surface area contributed by atoms with Gasteiger partial charge in [-0.3, -0.25) is 0 Å². The average molecular weight is 268 g/mol. The first kappa shape index (κ1) is 13.2. The van der Waals surface area contributed by atoms with Crippen LogP contribution >= 0.6 is 0 Å². The number of hydrogen-bond donors (Lipinski definition) is 1. The lowest BCUT2D eigenvalue weighted by Gasteiger charge is -2.17. The van der Waals surface area contributed by atoms with Crippen LogP contribution in [0.2, 0.25) is 0 Å². The van der Waals surface area contributed by atoms with Crippen molar-refractivity contribution >= 4 is 0 Å². The van der Waals surface area contributed by atoms with Crippen LogP contribution < -0.4 is 4.74 Å². The molecular formula is C18H20O2. The predicted molar refractivity (Wildman–Crippen MR) is 81.2 cm³/mol. The van der Waals surface area contributed by atoms with Gasteiger partial charge in [-0.1, -0.05) is 24.3 Å². The Morgan fingerprint density at radius 3 is 2.70 bits per heavy atom. The Balaban J connectivity index is 2.25. The number of methoxy groups -OCH3 is 1. The summed E-state index contributed by atoms with van der Waals surface area (Å²) in [6.07, 6.45) is 1.47. The molecule has 0 saturated heterocycles. The molecule has 0 unspecified atom stereocenters. The van der Waals surface area contributed by atoms with Gasteiger partial charge in [0.05, 0.1) is 13.2 Å². The van der Waals surface area contributed by atoms with E-state index in [0.717, 1.165) is 24.2 Å². The Morgan fingerprint density at radius 2 is 1.95 bits per heavy atom. The van der Waals surface area contributed by atoms with E-state index in [1.54, 1.807) is 7.11 Å². The van der Waals surface area contributed by atoms with E-state index in [0.29, 0.717) is 0 Å². The summed E-state index contributed by atoms with van der Waals surface area (Å²) in [5.41, 5.74) is 7.28. The van der Waals surface area contributed by atoms with Crippen LogP contribution in [-0.4, -0.2) is 12.2 Å². The maximum atomic E-state index is 10.1. The highest BCUT2D eigenvalue weighted by Crippen LogP contribution is 2.41. The Morgan fingerprint density at radius 1 is 1.15 bits per heavy atom. The summed E-state index contributed by atoms with van der Waals surface area (Å²) in [4.78, 5) is 0. The first-order valence-electron chi connectivity index (χ1n) is 7.08. The zero-order chi connectivity index (χ0) is 14.3. The molecule has 2 aromatic carbocycles. The third-order valence-corrected chi connectivity index (χ3v) is 4.35. The molecular weight excluding hydrogens is 248 g/mol. The minimum absolute atomic E-state index is 0.309. The standard InChI is InChI=1S/C18H20O2/c1-11-7-10-17(20-3)12(2)18(11)15-6-4-5-14-13(15)8-9-16(14)19/h4-7,10,16,19H,8-9H2,1-3H3/t16-/m1/s1. The molecule has 0 saturated carbocycles. The summed E-state index contributed by atoms with van der Waals surface area (Å²) >= 11 is 0. The monoisotopic (exact) mass is 268 g/mol. The van der Waals surface area contributed by atoms with Gasteiger partial charge in [-0.2, -0.15) is 0 Å². The number of fused-ring (bicyclic) bond motifs is 1. The van der Waals surface area contributed by atoms with Gasteiger partial charge in [0.15, 0.2) is 0 Å². The molecule has 20 heavy (non-hydrogen) atoms. The number of hydrogen-bond acceptors (Lipinski definition) is 2. The molecule has 1 atom stereocenters. The average Bonchev–Trinajstić information content (AvgIpc) is 2.82. The van der Waals surface area contributed by atoms with Crippen molar-refractivity contribution < 1.29 is 9.84 Å². The smallest absolute Gasteiger partial charge is 0.122 e. The summed E-state index contributed by atoms with van der Waals surface area (Å²) in [5.74, 6) is 0.918. The zero-order valence-corrected chi connectivity index (χ0v) is 12.2. The maximum absolute atomic E-state index is 10.1. The molecule has 0 bridgehead atoms. The first-order valence-corrected chi connectivity index (χ1v) is 7.08. The Labute approximate surface area is 120 Å². The normalized spacial score (nSPS) is 17.1. The van der Waals surface area contributed by atoms with E-state index >= 15 is 0 Å². The topological polar surface area (TPSA) is 29.5 Å². The van der Waals surface area contributed by atoms with Crippen LogP contribution in [0.1, 0.15) is 34.8 Å². The lowest BCUT2D eigenvalue weighted by molar-refractivity contribution is 0.180. The van der Waals surface area contributed by atoms with Crippen LogP contribution in [0.5, 0.6) is 5.75 Å². The first-order chi connectivity index (χ1) is 9.63. The molecule has 2 heteroatoms. The number of rotatable bonds is 2. The summed E-state index contributed by atoms with van der Waals surface area (Å²) < 4.78 is 5.45. The van der Waals surface area contributed by atoms with Gasteiger partial charge in [-0.25, -0.2) is 0 Å². The SMILES string of the molecule is COc1ccc(C)c(-c2cccc3c2CC[C@H]3O)c1C. The minimum atomic E-state index is -0.309. The summed E-state index contributed by atoms with van der Waals surface area (Å²) in [5, 5.41) is 10.1. The van der Waals surface area contributed by atoms with E-state index in [1.165, 1.54) is 27.8 Å². The maximum Gasteiger partial charge on any atom is 0.122 e. The van der Waals surface area contributed by atoms with Gasteiger partial charge in [-0.05, 0) is 66.1 Å². The molecule has 1 aliphatic carbocycles. The molecule has 1 aliphatic rings. The van der Waals surface area contributed by atoms with Gasteiger partial charge in [0.2, 0.25) is 0 Å². The van der Waals surface area contributed by atoms with Crippen molar-refractivity contribution in [1.82, 2.24) is 0 Å².